The lowest BCUT2D eigenvalue weighted by atomic mass is 9.97. The van der Waals surface area contributed by atoms with Gasteiger partial charge in [-0.25, -0.2) is 4.79 Å². The second-order valence-electron chi connectivity index (χ2n) is 4.34. The van der Waals surface area contributed by atoms with Gasteiger partial charge in [-0.15, -0.1) is 0 Å². The summed E-state index contributed by atoms with van der Waals surface area (Å²) in [6.07, 6.45) is -3.35. The van der Waals surface area contributed by atoms with E-state index in [-0.39, 0.29) is 0 Å². The van der Waals surface area contributed by atoms with Gasteiger partial charge in [0.25, 0.3) is 5.56 Å². The number of ether oxygens (including phenoxy) is 1. The lowest BCUT2D eigenvalue weighted by molar-refractivity contribution is -0.150. The number of H-pyrrole nitrogens is 1. The normalized spacial score (nSPS) is 29.6. The maximum absolute atomic E-state index is 11.6. The summed E-state index contributed by atoms with van der Waals surface area (Å²) in [5.74, 6) is 0. The molecule has 1 saturated heterocycles. The Balaban J connectivity index is 2.42. The molecule has 2 unspecified atom stereocenters. The third kappa shape index (κ3) is 2.11. The third-order valence-electron chi connectivity index (χ3n) is 3.17. The summed E-state index contributed by atoms with van der Waals surface area (Å²) >= 11 is 0. The van der Waals surface area contributed by atoms with Crippen molar-refractivity contribution in [2.45, 2.75) is 24.0 Å². The van der Waals surface area contributed by atoms with Crippen LogP contribution in [0.2, 0.25) is 0 Å². The SMILES string of the molecule is O=c1ccn([C@H]2OC(CO)(CO)C(O)C2O)c(=O)[nH]1. The fourth-order valence-electron chi connectivity index (χ4n) is 2.01. The number of rotatable bonds is 3. The Kier molecular flexibility index (Phi) is 3.56. The molecule has 0 amide bonds. The summed E-state index contributed by atoms with van der Waals surface area (Å²) in [6, 6.07) is 1.04. The molecule has 0 aromatic carbocycles. The summed E-state index contributed by atoms with van der Waals surface area (Å²) in [5.41, 5.74) is -3.22. The van der Waals surface area contributed by atoms with Crippen molar-refractivity contribution in [3.63, 3.8) is 0 Å². The number of hydrogen-bond donors (Lipinski definition) is 5. The van der Waals surface area contributed by atoms with Gasteiger partial charge >= 0.3 is 5.69 Å². The molecule has 1 aliphatic rings. The molecule has 0 radical (unpaired) electrons. The molecule has 9 heteroatoms. The van der Waals surface area contributed by atoms with Gasteiger partial charge in [0, 0.05) is 12.3 Å². The van der Waals surface area contributed by atoms with Crippen LogP contribution in [0.4, 0.5) is 0 Å². The van der Waals surface area contributed by atoms with Gasteiger partial charge in [-0.3, -0.25) is 14.3 Å². The second-order valence-corrected chi connectivity index (χ2v) is 4.34. The largest absolute Gasteiger partial charge is 0.393 e. The van der Waals surface area contributed by atoms with E-state index in [0.29, 0.717) is 0 Å². The first-order chi connectivity index (χ1) is 8.95. The zero-order valence-electron chi connectivity index (χ0n) is 9.76. The van der Waals surface area contributed by atoms with Crippen LogP contribution in [0.3, 0.4) is 0 Å². The van der Waals surface area contributed by atoms with Gasteiger partial charge in [-0.05, 0) is 0 Å². The van der Waals surface area contributed by atoms with Gasteiger partial charge in [0.1, 0.15) is 17.8 Å². The average molecular weight is 274 g/mol. The number of aliphatic hydroxyl groups excluding tert-OH is 4. The standard InChI is InChI=1S/C10H14N2O7/c13-3-10(4-14)7(17)6(16)8(19-10)12-2-1-5(15)11-9(12)18/h1-2,6-8,13-14,16-17H,3-4H2,(H,11,15,18)/t6?,7?,8-/m0/s1. The fourth-order valence-corrected chi connectivity index (χ4v) is 2.01. The van der Waals surface area contributed by atoms with E-state index in [1.807, 2.05) is 4.98 Å². The number of aliphatic hydroxyl groups is 4. The van der Waals surface area contributed by atoms with Crippen molar-refractivity contribution in [2.75, 3.05) is 13.2 Å². The van der Waals surface area contributed by atoms with Crippen LogP contribution < -0.4 is 11.2 Å². The molecule has 1 aromatic heterocycles. The Bertz CT molecular complexity index is 561. The first-order valence-electron chi connectivity index (χ1n) is 5.52. The number of aromatic nitrogens is 2. The first-order valence-corrected chi connectivity index (χ1v) is 5.52. The Morgan fingerprint density at radius 1 is 1.32 bits per heavy atom. The van der Waals surface area contributed by atoms with Crippen molar-refractivity contribution >= 4 is 0 Å². The summed E-state index contributed by atoms with van der Waals surface area (Å²) in [5, 5.41) is 38.0. The molecule has 1 aliphatic heterocycles. The molecular formula is C10H14N2O7. The van der Waals surface area contributed by atoms with Crippen molar-refractivity contribution in [2.24, 2.45) is 0 Å². The van der Waals surface area contributed by atoms with E-state index in [4.69, 9.17) is 4.74 Å². The quantitative estimate of drug-likeness (QED) is 0.384. The van der Waals surface area contributed by atoms with E-state index in [0.717, 1.165) is 16.8 Å². The fraction of sp³-hybridized carbons (Fsp3) is 0.600. The molecule has 9 nitrogen and oxygen atoms in total. The Labute approximate surface area is 106 Å². The molecule has 0 bridgehead atoms. The minimum atomic E-state index is -1.76. The van der Waals surface area contributed by atoms with E-state index in [9.17, 15) is 30.0 Å². The Morgan fingerprint density at radius 3 is 2.42 bits per heavy atom. The van der Waals surface area contributed by atoms with E-state index < -0.39 is 48.5 Å². The van der Waals surface area contributed by atoms with E-state index in [1.165, 1.54) is 0 Å². The highest BCUT2D eigenvalue weighted by Crippen LogP contribution is 2.35. The van der Waals surface area contributed by atoms with Crippen LogP contribution in [0, 0.1) is 0 Å². The smallest absolute Gasteiger partial charge is 0.330 e. The molecule has 19 heavy (non-hydrogen) atoms. The number of nitrogens with one attached hydrogen (secondary N) is 1. The molecule has 0 aliphatic carbocycles. The van der Waals surface area contributed by atoms with Gasteiger partial charge < -0.3 is 25.2 Å². The molecule has 3 atom stereocenters. The average Bonchev–Trinajstić information content (AvgIpc) is 2.64. The summed E-state index contributed by atoms with van der Waals surface area (Å²) in [7, 11) is 0. The molecule has 2 rings (SSSR count). The van der Waals surface area contributed by atoms with Gasteiger partial charge in [0.2, 0.25) is 0 Å². The maximum Gasteiger partial charge on any atom is 0.330 e. The van der Waals surface area contributed by atoms with Crippen LogP contribution in [0.25, 0.3) is 0 Å². The minimum Gasteiger partial charge on any atom is -0.393 e. The van der Waals surface area contributed by atoms with Crippen LogP contribution in [0.5, 0.6) is 0 Å². The summed E-state index contributed by atoms with van der Waals surface area (Å²) in [6.45, 7) is -1.48. The van der Waals surface area contributed by atoms with Crippen LogP contribution in [-0.4, -0.2) is 61.0 Å². The first kappa shape index (κ1) is 13.9. The highest BCUT2D eigenvalue weighted by atomic mass is 16.6. The highest BCUT2D eigenvalue weighted by molar-refractivity contribution is 5.01. The topological polar surface area (TPSA) is 145 Å². The molecule has 5 N–H and O–H groups in total. The molecular weight excluding hydrogens is 260 g/mol. The van der Waals surface area contributed by atoms with Crippen molar-refractivity contribution in [3.05, 3.63) is 33.1 Å². The van der Waals surface area contributed by atoms with Gasteiger partial charge in [0.15, 0.2) is 6.23 Å². The maximum atomic E-state index is 11.6. The third-order valence-corrected chi connectivity index (χ3v) is 3.17. The zero-order chi connectivity index (χ0) is 14.2. The number of hydrogen-bond acceptors (Lipinski definition) is 7. The molecule has 1 fully saturated rings. The van der Waals surface area contributed by atoms with Crippen LogP contribution in [0.1, 0.15) is 6.23 Å². The van der Waals surface area contributed by atoms with Gasteiger partial charge in [-0.1, -0.05) is 0 Å². The molecule has 1 aromatic rings. The second kappa shape index (κ2) is 4.87. The van der Waals surface area contributed by atoms with Crippen molar-refractivity contribution in [3.8, 4) is 0 Å². The van der Waals surface area contributed by atoms with Crippen molar-refractivity contribution in [1.82, 2.24) is 9.55 Å². The highest BCUT2D eigenvalue weighted by Gasteiger charge is 2.54. The predicted molar refractivity (Wildman–Crippen MR) is 60.4 cm³/mol. The van der Waals surface area contributed by atoms with E-state index >= 15 is 0 Å². The predicted octanol–water partition coefficient (Wildman–Crippen LogP) is -3.49. The Hall–Kier alpha value is -1.52. The van der Waals surface area contributed by atoms with Crippen LogP contribution in [-0.2, 0) is 4.74 Å². The summed E-state index contributed by atoms with van der Waals surface area (Å²) in [4.78, 5) is 24.5. The minimum absolute atomic E-state index is 0.620. The lowest BCUT2D eigenvalue weighted by Crippen LogP contribution is -2.49. The monoisotopic (exact) mass is 274 g/mol. The molecule has 2 heterocycles. The van der Waals surface area contributed by atoms with Crippen molar-refractivity contribution in [1.29, 1.82) is 0 Å². The van der Waals surface area contributed by atoms with E-state index in [1.54, 1.807) is 0 Å². The molecule has 0 spiro atoms. The number of aromatic amines is 1. The number of nitrogens with zero attached hydrogens (tertiary/aromatic N) is 1. The zero-order valence-corrected chi connectivity index (χ0v) is 9.76. The summed E-state index contributed by atoms with van der Waals surface area (Å²) < 4.78 is 6.08. The molecule has 106 valence electrons. The van der Waals surface area contributed by atoms with Gasteiger partial charge in [0.05, 0.1) is 13.2 Å². The van der Waals surface area contributed by atoms with Crippen molar-refractivity contribution < 1.29 is 25.2 Å². The van der Waals surface area contributed by atoms with Crippen LogP contribution >= 0.6 is 0 Å². The van der Waals surface area contributed by atoms with E-state index in [2.05, 4.69) is 0 Å². The lowest BCUT2D eigenvalue weighted by Gasteiger charge is -2.27. The van der Waals surface area contributed by atoms with Gasteiger partial charge in [-0.2, -0.15) is 0 Å². The van der Waals surface area contributed by atoms with Crippen LogP contribution in [0.15, 0.2) is 21.9 Å². The Morgan fingerprint density at radius 2 is 1.95 bits per heavy atom. The molecule has 0 saturated carbocycles.